The molecule has 3 aromatic rings. The Bertz CT molecular complexity index is 1500. The summed E-state index contributed by atoms with van der Waals surface area (Å²) in [6, 6.07) is 6.94. The first-order chi connectivity index (χ1) is 17.5. The first kappa shape index (κ1) is 25.8. The number of alkyl halides is 3. The minimum absolute atomic E-state index is 0.0915. The highest BCUT2D eigenvalue weighted by Gasteiger charge is 2.36. The summed E-state index contributed by atoms with van der Waals surface area (Å²) in [4.78, 5) is 15.0. The summed E-state index contributed by atoms with van der Waals surface area (Å²) in [6.07, 6.45) is -3.96. The quantitative estimate of drug-likeness (QED) is 0.483. The zero-order chi connectivity index (χ0) is 26.4. The first-order valence-corrected chi connectivity index (χ1v) is 13.3. The molecule has 0 spiro atoms. The molecule has 0 unspecified atom stereocenters. The van der Waals surface area contributed by atoms with Gasteiger partial charge in [0.15, 0.2) is 11.5 Å². The van der Waals surface area contributed by atoms with Crippen LogP contribution >= 0.6 is 11.6 Å². The summed E-state index contributed by atoms with van der Waals surface area (Å²) in [5.41, 5.74) is -1.14. The minimum atomic E-state index is -4.77. The predicted octanol–water partition coefficient (Wildman–Crippen LogP) is 4.34. The lowest BCUT2D eigenvalue weighted by atomic mass is 10.1. The molecule has 2 aliphatic heterocycles. The number of benzene rings is 2. The maximum absolute atomic E-state index is 13.7. The van der Waals surface area contributed by atoms with Crippen molar-refractivity contribution in [2.75, 3.05) is 26.4 Å². The largest absolute Gasteiger partial charge is 0.486 e. The fourth-order valence-corrected chi connectivity index (χ4v) is 6.33. The highest BCUT2D eigenvalue weighted by molar-refractivity contribution is 7.89. The van der Waals surface area contributed by atoms with Crippen LogP contribution in [0.25, 0.3) is 10.9 Å². The summed E-state index contributed by atoms with van der Waals surface area (Å²) in [6.45, 7) is 0.601. The summed E-state index contributed by atoms with van der Waals surface area (Å²) >= 11 is 6.07. The van der Waals surface area contributed by atoms with Crippen molar-refractivity contribution in [1.82, 2.24) is 9.29 Å². The van der Waals surface area contributed by atoms with Crippen molar-refractivity contribution in [3.63, 3.8) is 0 Å². The van der Waals surface area contributed by atoms with Crippen molar-refractivity contribution in [1.29, 1.82) is 0 Å². The van der Waals surface area contributed by atoms with Gasteiger partial charge in [-0.05, 0) is 43.2 Å². The van der Waals surface area contributed by atoms with E-state index in [1.165, 1.54) is 6.07 Å². The second kappa shape index (κ2) is 9.82. The van der Waals surface area contributed by atoms with Gasteiger partial charge in [0, 0.05) is 36.7 Å². The third-order valence-corrected chi connectivity index (χ3v) is 8.53. The molecular weight excluding hydrogens is 537 g/mol. The van der Waals surface area contributed by atoms with Gasteiger partial charge in [-0.25, -0.2) is 8.42 Å². The van der Waals surface area contributed by atoms with Crippen LogP contribution in [0.3, 0.4) is 0 Å². The van der Waals surface area contributed by atoms with Gasteiger partial charge in [0.1, 0.15) is 18.1 Å². The van der Waals surface area contributed by atoms with E-state index in [1.807, 2.05) is 0 Å². The molecule has 13 heteroatoms. The molecule has 1 aromatic heterocycles. The van der Waals surface area contributed by atoms with Gasteiger partial charge < -0.3 is 19.2 Å². The van der Waals surface area contributed by atoms with Gasteiger partial charge in [-0.3, -0.25) is 4.79 Å². The Morgan fingerprint density at radius 3 is 2.46 bits per heavy atom. The molecule has 0 aliphatic carbocycles. The van der Waals surface area contributed by atoms with Crippen LogP contribution in [-0.4, -0.2) is 50.2 Å². The number of aromatic amines is 1. The van der Waals surface area contributed by atoms with Crippen LogP contribution in [0.15, 0.2) is 46.1 Å². The number of hydrogen-bond donors (Lipinski definition) is 1. The Kier molecular flexibility index (Phi) is 6.86. The van der Waals surface area contributed by atoms with Gasteiger partial charge in [-0.15, -0.1) is 0 Å². The van der Waals surface area contributed by atoms with E-state index in [-0.39, 0.29) is 17.1 Å². The minimum Gasteiger partial charge on any atom is -0.486 e. The van der Waals surface area contributed by atoms with E-state index in [2.05, 4.69) is 4.98 Å². The third-order valence-electron chi connectivity index (χ3n) is 6.24. The number of aromatic nitrogens is 1. The van der Waals surface area contributed by atoms with Crippen LogP contribution in [0.4, 0.5) is 13.2 Å². The van der Waals surface area contributed by atoms with Gasteiger partial charge in [0.2, 0.25) is 10.0 Å². The van der Waals surface area contributed by atoms with Crippen molar-refractivity contribution in [2.45, 2.75) is 36.6 Å². The molecule has 2 aliphatic rings. The summed E-state index contributed by atoms with van der Waals surface area (Å²) < 4.78 is 85.0. The van der Waals surface area contributed by atoms with Crippen LogP contribution in [0, 0.1) is 0 Å². The fraction of sp³-hybridized carbons (Fsp3) is 0.375. The van der Waals surface area contributed by atoms with Gasteiger partial charge >= 0.3 is 6.18 Å². The highest BCUT2D eigenvalue weighted by Crippen LogP contribution is 2.36. The lowest BCUT2D eigenvalue weighted by Crippen LogP contribution is -2.38. The fourth-order valence-electron chi connectivity index (χ4n) is 4.38. The molecule has 8 nitrogen and oxygen atoms in total. The first-order valence-electron chi connectivity index (χ1n) is 11.5. The zero-order valence-electron chi connectivity index (χ0n) is 19.3. The van der Waals surface area contributed by atoms with Crippen molar-refractivity contribution in [3.05, 3.63) is 62.9 Å². The number of fused-ring (bicyclic) bond motifs is 2. The summed E-state index contributed by atoms with van der Waals surface area (Å²) in [5.74, 6) is 0.959. The molecule has 1 fully saturated rings. The SMILES string of the molecule is O=c1[nH]c2cc3c(cc2cc1CN(C[C@@H]1CCCO1)S(=O)(=O)c1cc(C(F)(F)F)ccc1Cl)OCCO3. The average Bonchev–Trinajstić information content (AvgIpc) is 3.35. The average molecular weight is 559 g/mol. The number of pyridine rings is 1. The molecule has 0 amide bonds. The molecule has 2 aromatic carbocycles. The molecular formula is C24H22ClF3N2O6S. The molecule has 198 valence electrons. The number of sulfonamides is 1. The molecule has 0 radical (unpaired) electrons. The molecule has 1 saturated heterocycles. The Morgan fingerprint density at radius 2 is 1.78 bits per heavy atom. The highest BCUT2D eigenvalue weighted by atomic mass is 35.5. The van der Waals surface area contributed by atoms with Crippen molar-refractivity contribution < 1.29 is 35.8 Å². The number of halogens is 4. The number of nitrogens with zero attached hydrogens (tertiary/aromatic N) is 1. The summed E-state index contributed by atoms with van der Waals surface area (Å²) in [7, 11) is -4.56. The molecule has 0 bridgehead atoms. The van der Waals surface area contributed by atoms with E-state index in [4.69, 9.17) is 25.8 Å². The smallest absolute Gasteiger partial charge is 0.416 e. The maximum atomic E-state index is 13.7. The van der Waals surface area contributed by atoms with E-state index in [1.54, 1.807) is 12.1 Å². The van der Waals surface area contributed by atoms with E-state index in [0.29, 0.717) is 67.2 Å². The maximum Gasteiger partial charge on any atom is 0.416 e. The zero-order valence-corrected chi connectivity index (χ0v) is 20.9. The van der Waals surface area contributed by atoms with Crippen LogP contribution < -0.4 is 15.0 Å². The monoisotopic (exact) mass is 558 g/mol. The standard InChI is InChI=1S/C24H22ClF3N2O6S/c25-18-4-3-16(24(26,27)28)10-22(18)37(32,33)30(13-17-2-1-5-34-17)12-15-8-14-9-20-21(36-7-6-35-20)11-19(14)29-23(15)31/h3-4,8-11,17H,1-2,5-7,12-13H2,(H,29,31)/t17-/m0/s1. The summed E-state index contributed by atoms with van der Waals surface area (Å²) in [5, 5.41) is 0.215. The van der Waals surface area contributed by atoms with E-state index < -0.39 is 44.9 Å². The Labute approximate surface area is 214 Å². The van der Waals surface area contributed by atoms with E-state index >= 15 is 0 Å². The second-order valence-electron chi connectivity index (χ2n) is 8.78. The van der Waals surface area contributed by atoms with E-state index in [0.717, 1.165) is 10.4 Å². The lowest BCUT2D eigenvalue weighted by molar-refractivity contribution is -0.137. The van der Waals surface area contributed by atoms with Gasteiger partial charge in [-0.2, -0.15) is 17.5 Å². The Hall–Kier alpha value is -2.80. The van der Waals surface area contributed by atoms with Crippen molar-refractivity contribution in [2.24, 2.45) is 0 Å². The number of rotatable bonds is 6. The molecule has 37 heavy (non-hydrogen) atoms. The van der Waals surface area contributed by atoms with Gasteiger partial charge in [0.05, 0.1) is 22.2 Å². The Morgan fingerprint density at radius 1 is 1.05 bits per heavy atom. The van der Waals surface area contributed by atoms with Crippen molar-refractivity contribution >= 4 is 32.5 Å². The molecule has 0 saturated carbocycles. The van der Waals surface area contributed by atoms with Crippen LogP contribution in [-0.2, 0) is 27.5 Å². The number of hydrogen-bond acceptors (Lipinski definition) is 6. The van der Waals surface area contributed by atoms with Gasteiger partial charge in [-0.1, -0.05) is 11.6 Å². The molecule has 1 N–H and O–H groups in total. The second-order valence-corrected chi connectivity index (χ2v) is 11.1. The molecule has 3 heterocycles. The number of H-pyrrole nitrogens is 1. The van der Waals surface area contributed by atoms with Crippen LogP contribution in [0.2, 0.25) is 5.02 Å². The van der Waals surface area contributed by atoms with Gasteiger partial charge in [0.25, 0.3) is 5.56 Å². The molecule has 5 rings (SSSR count). The molecule has 1 atom stereocenters. The topological polar surface area (TPSA) is 97.9 Å². The number of nitrogens with one attached hydrogen (secondary N) is 1. The van der Waals surface area contributed by atoms with Crippen LogP contribution in [0.5, 0.6) is 11.5 Å². The number of ether oxygens (including phenoxy) is 3. The van der Waals surface area contributed by atoms with E-state index in [9.17, 15) is 26.4 Å². The predicted molar refractivity (Wildman–Crippen MR) is 129 cm³/mol. The third kappa shape index (κ3) is 5.28. The normalized spacial score (nSPS) is 18.0. The van der Waals surface area contributed by atoms with Crippen molar-refractivity contribution in [3.8, 4) is 11.5 Å². The van der Waals surface area contributed by atoms with Crippen LogP contribution in [0.1, 0.15) is 24.0 Å². The lowest BCUT2D eigenvalue weighted by Gasteiger charge is -2.26. The Balaban J connectivity index is 1.56.